The van der Waals surface area contributed by atoms with Gasteiger partial charge in [-0.1, -0.05) is 0 Å². The van der Waals surface area contributed by atoms with E-state index in [1.807, 2.05) is 43.3 Å². The molecule has 2 aromatic carbocycles. The van der Waals surface area contributed by atoms with Gasteiger partial charge in [0.1, 0.15) is 5.69 Å². The molecule has 0 heterocycles. The minimum Gasteiger partial charge on any atom is -0.399 e. The Labute approximate surface area is 117 Å². The molecule has 0 aliphatic heterocycles. The molecule has 20 heavy (non-hydrogen) atoms. The van der Waals surface area contributed by atoms with Crippen LogP contribution in [0.2, 0.25) is 0 Å². The van der Waals surface area contributed by atoms with Gasteiger partial charge in [0.15, 0.2) is 0 Å². The maximum absolute atomic E-state index is 11.0. The number of nitrogen functional groups attached to an aromatic ring is 1. The summed E-state index contributed by atoms with van der Waals surface area (Å²) in [4.78, 5) is 12.5. The summed E-state index contributed by atoms with van der Waals surface area (Å²) in [7, 11) is 3.90. The quantitative estimate of drug-likeness (QED) is 0.508. The Hall–Kier alpha value is -2.76. The summed E-state index contributed by atoms with van der Waals surface area (Å²) in [5.41, 5.74) is 8.16. The summed E-state index contributed by atoms with van der Waals surface area (Å²) in [5, 5.41) is 14.0. The van der Waals surface area contributed by atoms with Crippen LogP contribution in [0.5, 0.6) is 0 Å². The smallest absolute Gasteiger partial charge is 0.294 e. The van der Waals surface area contributed by atoms with Gasteiger partial charge in [-0.15, -0.1) is 0 Å². The van der Waals surface area contributed by atoms with E-state index in [0.29, 0.717) is 11.4 Å². The van der Waals surface area contributed by atoms with Crippen LogP contribution in [-0.4, -0.2) is 19.0 Å². The summed E-state index contributed by atoms with van der Waals surface area (Å²) in [6.07, 6.45) is 0. The van der Waals surface area contributed by atoms with Crippen LogP contribution in [0.1, 0.15) is 0 Å². The van der Waals surface area contributed by atoms with Crippen LogP contribution in [0.4, 0.5) is 28.4 Å². The van der Waals surface area contributed by atoms with Crippen LogP contribution in [0.25, 0.3) is 0 Å². The van der Waals surface area contributed by atoms with Gasteiger partial charge in [-0.2, -0.15) is 0 Å². The molecule has 6 nitrogen and oxygen atoms in total. The third-order valence-corrected chi connectivity index (χ3v) is 2.88. The van der Waals surface area contributed by atoms with Crippen molar-refractivity contribution in [1.82, 2.24) is 0 Å². The molecule has 0 saturated heterocycles. The summed E-state index contributed by atoms with van der Waals surface area (Å²) < 4.78 is 0. The van der Waals surface area contributed by atoms with Gasteiger partial charge in [0, 0.05) is 37.2 Å². The molecule has 0 atom stereocenters. The predicted octanol–water partition coefficient (Wildman–Crippen LogP) is 2.99. The van der Waals surface area contributed by atoms with Crippen molar-refractivity contribution < 1.29 is 4.92 Å². The Kier molecular flexibility index (Phi) is 3.74. The van der Waals surface area contributed by atoms with Crippen molar-refractivity contribution in [1.29, 1.82) is 0 Å². The third kappa shape index (κ3) is 2.97. The molecule has 0 aromatic heterocycles. The van der Waals surface area contributed by atoms with Crippen LogP contribution in [0.15, 0.2) is 42.5 Å². The van der Waals surface area contributed by atoms with E-state index in [-0.39, 0.29) is 5.69 Å². The molecule has 0 bridgehead atoms. The second-order valence-corrected chi connectivity index (χ2v) is 4.60. The molecule has 0 radical (unpaired) electrons. The molecule has 104 valence electrons. The fraction of sp³-hybridized carbons (Fsp3) is 0.143. The van der Waals surface area contributed by atoms with E-state index < -0.39 is 4.92 Å². The highest BCUT2D eigenvalue weighted by Crippen LogP contribution is 2.30. The minimum absolute atomic E-state index is 0.0401. The van der Waals surface area contributed by atoms with Crippen molar-refractivity contribution in [3.63, 3.8) is 0 Å². The maximum atomic E-state index is 11.0. The van der Waals surface area contributed by atoms with Crippen LogP contribution >= 0.6 is 0 Å². The second-order valence-electron chi connectivity index (χ2n) is 4.60. The van der Waals surface area contributed by atoms with Crippen molar-refractivity contribution in [2.75, 3.05) is 30.0 Å². The number of nitrogens with zero attached hydrogens (tertiary/aromatic N) is 2. The molecule has 2 aromatic rings. The first-order valence-corrected chi connectivity index (χ1v) is 6.05. The monoisotopic (exact) mass is 272 g/mol. The standard InChI is InChI=1S/C14H16N4O2/c1-17(2)12-6-4-11(5-7-12)16-13-8-3-10(15)9-14(13)18(19)20/h3-9,16H,15H2,1-2H3. The minimum atomic E-state index is -0.452. The van der Waals surface area contributed by atoms with Crippen molar-refractivity contribution in [2.24, 2.45) is 0 Å². The Morgan fingerprint density at radius 1 is 1.15 bits per heavy atom. The summed E-state index contributed by atoms with van der Waals surface area (Å²) >= 11 is 0. The Balaban J connectivity index is 2.28. The fourth-order valence-electron chi connectivity index (χ4n) is 1.80. The van der Waals surface area contributed by atoms with Gasteiger partial charge < -0.3 is 16.0 Å². The molecular formula is C14H16N4O2. The summed E-state index contributed by atoms with van der Waals surface area (Å²) in [6.45, 7) is 0. The zero-order valence-corrected chi connectivity index (χ0v) is 11.3. The number of hydrogen-bond acceptors (Lipinski definition) is 5. The lowest BCUT2D eigenvalue weighted by Gasteiger charge is -2.13. The molecule has 0 spiro atoms. The van der Waals surface area contributed by atoms with E-state index in [1.165, 1.54) is 6.07 Å². The van der Waals surface area contributed by atoms with Gasteiger partial charge >= 0.3 is 0 Å². The van der Waals surface area contributed by atoms with Crippen molar-refractivity contribution in [3.8, 4) is 0 Å². The molecule has 3 N–H and O–H groups in total. The lowest BCUT2D eigenvalue weighted by molar-refractivity contribution is -0.383. The summed E-state index contributed by atoms with van der Waals surface area (Å²) in [5.74, 6) is 0. The lowest BCUT2D eigenvalue weighted by atomic mass is 10.2. The van der Waals surface area contributed by atoms with Gasteiger partial charge in [0.2, 0.25) is 0 Å². The van der Waals surface area contributed by atoms with Crippen LogP contribution in [0, 0.1) is 10.1 Å². The molecule has 6 heteroatoms. The molecule has 2 rings (SSSR count). The van der Waals surface area contributed by atoms with Crippen LogP contribution in [-0.2, 0) is 0 Å². The number of rotatable bonds is 4. The highest BCUT2D eigenvalue weighted by molar-refractivity contribution is 5.73. The number of nitrogens with two attached hydrogens (primary N) is 1. The number of nitro groups is 1. The van der Waals surface area contributed by atoms with Crippen molar-refractivity contribution in [3.05, 3.63) is 52.6 Å². The maximum Gasteiger partial charge on any atom is 0.294 e. The molecule has 0 saturated carbocycles. The van der Waals surface area contributed by atoms with Gasteiger partial charge in [-0.3, -0.25) is 10.1 Å². The zero-order chi connectivity index (χ0) is 14.7. The van der Waals surface area contributed by atoms with Crippen LogP contribution < -0.4 is 16.0 Å². The van der Waals surface area contributed by atoms with E-state index in [4.69, 9.17) is 5.73 Å². The van der Waals surface area contributed by atoms with Gasteiger partial charge in [0.05, 0.1) is 4.92 Å². The number of anilines is 4. The highest BCUT2D eigenvalue weighted by Gasteiger charge is 2.14. The largest absolute Gasteiger partial charge is 0.399 e. The highest BCUT2D eigenvalue weighted by atomic mass is 16.6. The third-order valence-electron chi connectivity index (χ3n) is 2.88. The number of nitro benzene ring substituents is 1. The topological polar surface area (TPSA) is 84.4 Å². The first kappa shape index (κ1) is 13.7. The van der Waals surface area contributed by atoms with E-state index >= 15 is 0 Å². The number of nitrogens with one attached hydrogen (secondary N) is 1. The molecule has 0 unspecified atom stereocenters. The Morgan fingerprint density at radius 3 is 2.35 bits per heavy atom. The zero-order valence-electron chi connectivity index (χ0n) is 11.3. The van der Waals surface area contributed by atoms with E-state index in [9.17, 15) is 10.1 Å². The SMILES string of the molecule is CN(C)c1ccc(Nc2ccc(N)cc2[N+](=O)[O-])cc1. The number of benzene rings is 2. The fourth-order valence-corrected chi connectivity index (χ4v) is 1.80. The first-order valence-electron chi connectivity index (χ1n) is 6.05. The molecule has 0 aliphatic rings. The van der Waals surface area contributed by atoms with Gasteiger partial charge in [-0.05, 0) is 36.4 Å². The Bertz CT molecular complexity index is 624. The normalized spacial score (nSPS) is 10.1. The van der Waals surface area contributed by atoms with E-state index in [2.05, 4.69) is 5.32 Å². The molecule has 0 amide bonds. The number of hydrogen-bond donors (Lipinski definition) is 2. The average molecular weight is 272 g/mol. The van der Waals surface area contributed by atoms with Crippen molar-refractivity contribution >= 4 is 28.4 Å². The second kappa shape index (κ2) is 5.48. The van der Waals surface area contributed by atoms with Crippen molar-refractivity contribution in [2.45, 2.75) is 0 Å². The lowest BCUT2D eigenvalue weighted by Crippen LogP contribution is -2.08. The molecule has 0 aliphatic carbocycles. The summed E-state index contributed by atoms with van der Waals surface area (Å²) in [6, 6.07) is 12.2. The van der Waals surface area contributed by atoms with E-state index in [1.54, 1.807) is 12.1 Å². The first-order chi connectivity index (χ1) is 9.47. The van der Waals surface area contributed by atoms with Gasteiger partial charge in [0.25, 0.3) is 5.69 Å². The molecule has 0 fully saturated rings. The van der Waals surface area contributed by atoms with Crippen LogP contribution in [0.3, 0.4) is 0 Å². The average Bonchev–Trinajstić information content (AvgIpc) is 2.41. The van der Waals surface area contributed by atoms with E-state index in [0.717, 1.165) is 11.4 Å². The van der Waals surface area contributed by atoms with Gasteiger partial charge in [-0.25, -0.2) is 0 Å². The molecular weight excluding hydrogens is 256 g/mol. The predicted molar refractivity (Wildman–Crippen MR) is 81.6 cm³/mol. The Morgan fingerprint density at radius 2 is 1.80 bits per heavy atom.